The van der Waals surface area contributed by atoms with Gasteiger partial charge in [0.05, 0.1) is 11.5 Å². The van der Waals surface area contributed by atoms with Gasteiger partial charge in [-0.05, 0) is 39.2 Å². The first-order valence-electron chi connectivity index (χ1n) is 7.29. The van der Waals surface area contributed by atoms with E-state index in [0.717, 1.165) is 25.3 Å². The lowest BCUT2D eigenvalue weighted by Gasteiger charge is -2.35. The van der Waals surface area contributed by atoms with Gasteiger partial charge in [0.1, 0.15) is 0 Å². The van der Waals surface area contributed by atoms with Crippen molar-refractivity contribution in [1.82, 2.24) is 9.80 Å². The van der Waals surface area contributed by atoms with Crippen LogP contribution in [-0.4, -0.2) is 49.1 Å². The Bertz CT molecular complexity index is 270. The van der Waals surface area contributed by atoms with E-state index in [2.05, 4.69) is 29.7 Å². The number of hydrogen-bond donors (Lipinski definition) is 0. The first-order chi connectivity index (χ1) is 8.43. The topological polar surface area (TPSA) is 30.3 Å². The molecule has 0 aromatic carbocycles. The monoisotopic (exact) mass is 251 g/mol. The normalized spacial score (nSPS) is 19.1. The minimum atomic E-state index is -0.153. The molecular formula is C15H29N3. The number of piperazine rings is 1. The summed E-state index contributed by atoms with van der Waals surface area (Å²) in [5, 5.41) is 8.98. The van der Waals surface area contributed by atoms with Gasteiger partial charge in [0.2, 0.25) is 0 Å². The largest absolute Gasteiger partial charge is 0.301 e. The van der Waals surface area contributed by atoms with E-state index < -0.39 is 0 Å². The maximum Gasteiger partial charge on any atom is 0.0683 e. The molecule has 1 fully saturated rings. The van der Waals surface area contributed by atoms with Gasteiger partial charge in [-0.15, -0.1) is 0 Å². The smallest absolute Gasteiger partial charge is 0.0683 e. The summed E-state index contributed by atoms with van der Waals surface area (Å²) in [5.41, 5.74) is -0.153. The average Bonchev–Trinajstić information content (AvgIpc) is 2.30. The van der Waals surface area contributed by atoms with Gasteiger partial charge in [-0.2, -0.15) is 5.26 Å². The highest BCUT2D eigenvalue weighted by Gasteiger charge is 2.19. The zero-order valence-corrected chi connectivity index (χ0v) is 12.6. The SMILES string of the molecule is CC(C)CN1CCN(CCCC(C)(C)C#N)CC1. The molecule has 0 radical (unpaired) electrons. The summed E-state index contributed by atoms with van der Waals surface area (Å²) < 4.78 is 0. The summed E-state index contributed by atoms with van der Waals surface area (Å²) in [7, 11) is 0. The van der Waals surface area contributed by atoms with Gasteiger partial charge in [0.25, 0.3) is 0 Å². The quantitative estimate of drug-likeness (QED) is 0.727. The molecular weight excluding hydrogens is 222 g/mol. The summed E-state index contributed by atoms with van der Waals surface area (Å²) >= 11 is 0. The molecule has 0 aliphatic carbocycles. The molecule has 1 saturated heterocycles. The van der Waals surface area contributed by atoms with Crippen LogP contribution in [0.4, 0.5) is 0 Å². The van der Waals surface area contributed by atoms with E-state index >= 15 is 0 Å². The van der Waals surface area contributed by atoms with Gasteiger partial charge in [0, 0.05) is 32.7 Å². The lowest BCUT2D eigenvalue weighted by Crippen LogP contribution is -2.47. The Balaban J connectivity index is 2.15. The second kappa shape index (κ2) is 7.11. The maximum atomic E-state index is 8.98. The summed E-state index contributed by atoms with van der Waals surface area (Å²) in [6, 6.07) is 2.38. The molecule has 0 N–H and O–H groups in total. The Labute approximate surface area is 113 Å². The standard InChI is InChI=1S/C15H29N3/c1-14(2)12-18-10-8-17(9-11-18)7-5-6-15(3,4)13-16/h14H,5-12H2,1-4H3. The van der Waals surface area contributed by atoms with Gasteiger partial charge in [-0.3, -0.25) is 0 Å². The van der Waals surface area contributed by atoms with Crippen molar-refractivity contribution in [1.29, 1.82) is 5.26 Å². The van der Waals surface area contributed by atoms with Crippen LogP contribution in [0.25, 0.3) is 0 Å². The average molecular weight is 251 g/mol. The van der Waals surface area contributed by atoms with Crippen molar-refractivity contribution in [3.63, 3.8) is 0 Å². The van der Waals surface area contributed by atoms with Gasteiger partial charge in [-0.25, -0.2) is 0 Å². The zero-order valence-electron chi connectivity index (χ0n) is 12.6. The van der Waals surface area contributed by atoms with E-state index in [-0.39, 0.29) is 5.41 Å². The fourth-order valence-electron chi connectivity index (χ4n) is 2.51. The van der Waals surface area contributed by atoms with Crippen LogP contribution in [0.1, 0.15) is 40.5 Å². The van der Waals surface area contributed by atoms with E-state index in [4.69, 9.17) is 5.26 Å². The van der Waals surface area contributed by atoms with E-state index in [1.165, 1.54) is 32.7 Å². The Morgan fingerprint density at radius 1 is 1.11 bits per heavy atom. The predicted molar refractivity (Wildman–Crippen MR) is 76.3 cm³/mol. The highest BCUT2D eigenvalue weighted by Crippen LogP contribution is 2.20. The van der Waals surface area contributed by atoms with Crippen molar-refractivity contribution < 1.29 is 0 Å². The highest BCUT2D eigenvalue weighted by molar-refractivity contribution is 4.91. The van der Waals surface area contributed by atoms with Crippen LogP contribution in [0, 0.1) is 22.7 Å². The minimum Gasteiger partial charge on any atom is -0.301 e. The van der Waals surface area contributed by atoms with Crippen molar-refractivity contribution in [3.05, 3.63) is 0 Å². The fraction of sp³-hybridized carbons (Fsp3) is 0.933. The molecule has 18 heavy (non-hydrogen) atoms. The Morgan fingerprint density at radius 3 is 2.17 bits per heavy atom. The van der Waals surface area contributed by atoms with Crippen LogP contribution < -0.4 is 0 Å². The summed E-state index contributed by atoms with van der Waals surface area (Å²) in [6.07, 6.45) is 2.15. The molecule has 1 aliphatic rings. The minimum absolute atomic E-state index is 0.153. The highest BCUT2D eigenvalue weighted by atomic mass is 15.3. The van der Waals surface area contributed by atoms with Crippen molar-refractivity contribution in [2.45, 2.75) is 40.5 Å². The number of rotatable bonds is 6. The molecule has 1 aliphatic heterocycles. The van der Waals surface area contributed by atoms with Crippen LogP contribution in [0.2, 0.25) is 0 Å². The van der Waals surface area contributed by atoms with Crippen LogP contribution in [0.3, 0.4) is 0 Å². The molecule has 1 heterocycles. The molecule has 0 spiro atoms. The predicted octanol–water partition coefficient (Wildman–Crippen LogP) is 2.59. The van der Waals surface area contributed by atoms with Crippen molar-refractivity contribution in [3.8, 4) is 6.07 Å². The molecule has 0 unspecified atom stereocenters. The summed E-state index contributed by atoms with van der Waals surface area (Å²) in [5.74, 6) is 0.771. The van der Waals surface area contributed by atoms with Crippen LogP contribution in [0.15, 0.2) is 0 Å². The molecule has 3 nitrogen and oxygen atoms in total. The Morgan fingerprint density at radius 2 is 1.67 bits per heavy atom. The first kappa shape index (κ1) is 15.5. The van der Waals surface area contributed by atoms with Crippen molar-refractivity contribution in [2.75, 3.05) is 39.3 Å². The lowest BCUT2D eigenvalue weighted by molar-refractivity contribution is 0.119. The molecule has 0 aromatic rings. The second-order valence-corrected chi connectivity index (χ2v) is 6.64. The Kier molecular flexibility index (Phi) is 6.11. The molecule has 0 amide bonds. The van der Waals surface area contributed by atoms with Crippen LogP contribution in [-0.2, 0) is 0 Å². The molecule has 0 aromatic heterocycles. The molecule has 0 atom stereocenters. The molecule has 1 rings (SSSR count). The lowest BCUT2D eigenvalue weighted by atomic mass is 9.90. The molecule has 3 heteroatoms. The number of hydrogen-bond acceptors (Lipinski definition) is 3. The summed E-state index contributed by atoms with van der Waals surface area (Å²) in [4.78, 5) is 5.12. The zero-order chi connectivity index (χ0) is 13.6. The first-order valence-corrected chi connectivity index (χ1v) is 7.29. The van der Waals surface area contributed by atoms with Crippen molar-refractivity contribution in [2.24, 2.45) is 11.3 Å². The van der Waals surface area contributed by atoms with Gasteiger partial charge >= 0.3 is 0 Å². The van der Waals surface area contributed by atoms with E-state index in [1.54, 1.807) is 0 Å². The molecule has 0 bridgehead atoms. The molecule has 104 valence electrons. The van der Waals surface area contributed by atoms with E-state index in [1.807, 2.05) is 13.8 Å². The van der Waals surface area contributed by atoms with Crippen LogP contribution in [0.5, 0.6) is 0 Å². The van der Waals surface area contributed by atoms with Gasteiger partial charge in [-0.1, -0.05) is 13.8 Å². The third kappa shape index (κ3) is 5.84. The fourth-order valence-corrected chi connectivity index (χ4v) is 2.51. The van der Waals surface area contributed by atoms with Crippen molar-refractivity contribution >= 4 is 0 Å². The van der Waals surface area contributed by atoms with Crippen LogP contribution >= 0.6 is 0 Å². The third-order valence-corrected chi connectivity index (χ3v) is 3.67. The third-order valence-electron chi connectivity index (χ3n) is 3.67. The number of nitriles is 1. The van der Waals surface area contributed by atoms with Gasteiger partial charge < -0.3 is 9.80 Å². The summed E-state index contributed by atoms with van der Waals surface area (Å²) in [6.45, 7) is 15.8. The number of nitrogens with zero attached hydrogens (tertiary/aromatic N) is 3. The Hall–Kier alpha value is -0.590. The molecule has 0 saturated carbocycles. The van der Waals surface area contributed by atoms with Gasteiger partial charge in [0.15, 0.2) is 0 Å². The van der Waals surface area contributed by atoms with E-state index in [0.29, 0.717) is 0 Å². The maximum absolute atomic E-state index is 8.98. The van der Waals surface area contributed by atoms with E-state index in [9.17, 15) is 0 Å². The second-order valence-electron chi connectivity index (χ2n) is 6.64.